The van der Waals surface area contributed by atoms with Crippen LogP contribution in [0, 0.1) is 6.92 Å². The van der Waals surface area contributed by atoms with Crippen LogP contribution >= 0.6 is 11.3 Å². The summed E-state index contributed by atoms with van der Waals surface area (Å²) in [6.45, 7) is 2.65. The lowest BCUT2D eigenvalue weighted by molar-refractivity contribution is -0.127. The summed E-state index contributed by atoms with van der Waals surface area (Å²) in [6.07, 6.45) is 2.01. The zero-order valence-corrected chi connectivity index (χ0v) is 24.7. The number of nitrogens with one attached hydrogen (secondary N) is 1. The van der Waals surface area contributed by atoms with E-state index in [9.17, 15) is 14.4 Å². The zero-order chi connectivity index (χ0) is 30.0. The minimum absolute atomic E-state index is 0.167. The number of rotatable bonds is 5. The fraction of sp³-hybridized carbons (Fsp3) is 0.344. The normalized spacial score (nSPS) is 18.1. The van der Waals surface area contributed by atoms with Crippen molar-refractivity contribution in [2.75, 3.05) is 43.9 Å². The minimum Gasteiger partial charge on any atom is -0.339 e. The lowest BCUT2D eigenvalue weighted by Crippen LogP contribution is -2.44. The van der Waals surface area contributed by atoms with Crippen LogP contribution in [0.15, 0.2) is 66.1 Å². The Bertz CT molecular complexity index is 1510. The van der Waals surface area contributed by atoms with E-state index in [0.717, 1.165) is 24.5 Å². The number of alkyl halides is 2. The van der Waals surface area contributed by atoms with Gasteiger partial charge in [0, 0.05) is 60.6 Å². The molecule has 0 spiro atoms. The molecule has 1 aromatic heterocycles. The highest BCUT2D eigenvalue weighted by atomic mass is 32.1. The summed E-state index contributed by atoms with van der Waals surface area (Å²) in [4.78, 5) is 45.1. The van der Waals surface area contributed by atoms with Crippen LogP contribution in [-0.4, -0.2) is 73.2 Å². The molecule has 2 aliphatic heterocycles. The number of hydrogen-bond donors (Lipinski definition) is 1. The van der Waals surface area contributed by atoms with E-state index in [2.05, 4.69) is 10.2 Å². The number of thiophene rings is 1. The first-order valence-corrected chi connectivity index (χ1v) is 14.9. The summed E-state index contributed by atoms with van der Waals surface area (Å²) in [5.41, 5.74) is 1.83. The Balaban J connectivity index is 1.38. The van der Waals surface area contributed by atoms with Crippen molar-refractivity contribution in [3.05, 3.63) is 87.6 Å². The summed E-state index contributed by atoms with van der Waals surface area (Å²) in [6, 6.07) is 15.1. The molecular weight excluding hydrogens is 558 g/mol. The Kier molecular flexibility index (Phi) is 8.56. The number of fused-ring (bicyclic) bond motifs is 1. The number of aryl methyl sites for hydroxylation is 1. The molecular formula is C32H34F2N4O3S. The first-order chi connectivity index (χ1) is 20.0. The molecule has 0 saturated carbocycles. The van der Waals surface area contributed by atoms with Gasteiger partial charge in [0.15, 0.2) is 0 Å². The van der Waals surface area contributed by atoms with Crippen LogP contribution in [0.4, 0.5) is 20.2 Å². The molecule has 220 valence electrons. The summed E-state index contributed by atoms with van der Waals surface area (Å²) in [7, 11) is 4.00. The van der Waals surface area contributed by atoms with Gasteiger partial charge in [-0.05, 0) is 81.2 Å². The first kappa shape index (κ1) is 29.6. The van der Waals surface area contributed by atoms with Gasteiger partial charge in [-0.25, -0.2) is 8.78 Å². The average Bonchev–Trinajstić information content (AvgIpc) is 3.38. The van der Waals surface area contributed by atoms with E-state index >= 15 is 8.78 Å². The predicted octanol–water partition coefficient (Wildman–Crippen LogP) is 5.93. The molecule has 2 aromatic carbocycles. The van der Waals surface area contributed by atoms with Crippen molar-refractivity contribution in [3.8, 4) is 0 Å². The molecule has 5 rings (SSSR count). The zero-order valence-electron chi connectivity index (χ0n) is 23.9. The molecule has 0 bridgehead atoms. The van der Waals surface area contributed by atoms with Crippen molar-refractivity contribution in [3.63, 3.8) is 0 Å². The summed E-state index contributed by atoms with van der Waals surface area (Å²) < 4.78 is 31.3. The van der Waals surface area contributed by atoms with Crippen LogP contribution in [-0.2, 0) is 4.79 Å². The number of nitrogens with zero attached hydrogens (tertiary/aromatic N) is 3. The highest BCUT2D eigenvalue weighted by Gasteiger charge is 2.42. The lowest BCUT2D eigenvalue weighted by Gasteiger charge is -2.35. The maximum Gasteiger partial charge on any atom is 0.275 e. The van der Waals surface area contributed by atoms with Gasteiger partial charge >= 0.3 is 0 Å². The number of carbonyl (C=O) groups excluding carboxylic acids is 3. The molecule has 1 saturated heterocycles. The lowest BCUT2D eigenvalue weighted by atomic mass is 9.96. The molecule has 42 heavy (non-hydrogen) atoms. The Morgan fingerprint density at radius 1 is 1.00 bits per heavy atom. The topological polar surface area (TPSA) is 73.0 Å². The van der Waals surface area contributed by atoms with E-state index in [1.165, 1.54) is 22.3 Å². The molecule has 7 nitrogen and oxygen atoms in total. The van der Waals surface area contributed by atoms with Gasteiger partial charge in [0.05, 0.1) is 10.6 Å². The number of para-hydroxylation sites is 1. The summed E-state index contributed by atoms with van der Waals surface area (Å²) in [5, 5.41) is 4.67. The summed E-state index contributed by atoms with van der Waals surface area (Å²) >= 11 is 1.35. The van der Waals surface area contributed by atoms with Crippen LogP contribution < -0.4 is 10.2 Å². The third-order valence-corrected chi connectivity index (χ3v) is 9.02. The van der Waals surface area contributed by atoms with Crippen LogP contribution in [0.25, 0.3) is 5.57 Å². The van der Waals surface area contributed by atoms with E-state index in [4.69, 9.17) is 0 Å². The molecule has 10 heteroatoms. The van der Waals surface area contributed by atoms with Gasteiger partial charge in [-0.15, -0.1) is 11.3 Å². The van der Waals surface area contributed by atoms with Crippen molar-refractivity contribution in [2.45, 2.75) is 38.2 Å². The largest absolute Gasteiger partial charge is 0.339 e. The average molecular weight is 593 g/mol. The molecule has 1 fully saturated rings. The number of halogens is 2. The van der Waals surface area contributed by atoms with E-state index in [0.29, 0.717) is 40.9 Å². The quantitative estimate of drug-likeness (QED) is 0.373. The van der Waals surface area contributed by atoms with Crippen LogP contribution in [0.5, 0.6) is 0 Å². The van der Waals surface area contributed by atoms with Crippen LogP contribution in [0.1, 0.15) is 50.4 Å². The Morgan fingerprint density at radius 2 is 1.69 bits per heavy atom. The number of carbonyl (C=O) groups is 3. The Labute approximate surface area is 248 Å². The molecule has 2 aliphatic rings. The monoisotopic (exact) mass is 592 g/mol. The molecule has 1 N–H and O–H groups in total. The molecule has 3 amide bonds. The van der Waals surface area contributed by atoms with Gasteiger partial charge in [0.2, 0.25) is 5.91 Å². The van der Waals surface area contributed by atoms with Gasteiger partial charge in [-0.2, -0.15) is 0 Å². The second-order valence-electron chi connectivity index (χ2n) is 11.0. The number of anilines is 2. The van der Waals surface area contributed by atoms with Crippen LogP contribution in [0.3, 0.4) is 0 Å². The third kappa shape index (κ3) is 6.15. The Morgan fingerprint density at radius 3 is 2.33 bits per heavy atom. The molecule has 3 heterocycles. The highest BCUT2D eigenvalue weighted by Crippen LogP contribution is 2.43. The van der Waals surface area contributed by atoms with Gasteiger partial charge in [0.1, 0.15) is 0 Å². The van der Waals surface area contributed by atoms with E-state index < -0.39 is 24.2 Å². The molecule has 0 atom stereocenters. The first-order valence-electron chi connectivity index (χ1n) is 14.0. The van der Waals surface area contributed by atoms with Crippen molar-refractivity contribution >= 4 is 46.0 Å². The van der Waals surface area contributed by atoms with E-state index in [1.807, 2.05) is 32.5 Å². The van der Waals surface area contributed by atoms with Gasteiger partial charge in [0.25, 0.3) is 17.7 Å². The number of hydrogen-bond acceptors (Lipinski definition) is 5. The standard InChI is InChI=1S/C32H34F2N4O3S/c1-21-14-19-42-29(21)30(40)35-23-10-8-22(9-11-23)31(41)38-18-15-32(33,34)26(25-6-4-5-7-27(25)38)20-28(39)37-16-12-24(13-17-37)36(2)3/h4-11,14,19-20,24H,12-13,15-18H2,1-3H3,(H,35,40)/b26-20-. The molecule has 0 aliphatic carbocycles. The number of likely N-dealkylation sites (tertiary alicyclic amines) is 1. The van der Waals surface area contributed by atoms with Gasteiger partial charge in [-0.3, -0.25) is 14.4 Å². The van der Waals surface area contributed by atoms with E-state index in [-0.39, 0.29) is 23.6 Å². The molecule has 3 aromatic rings. The fourth-order valence-corrected chi connectivity index (χ4v) is 6.32. The summed E-state index contributed by atoms with van der Waals surface area (Å²) in [5.74, 6) is -4.42. The number of allylic oxidation sites excluding steroid dienone is 1. The van der Waals surface area contributed by atoms with Gasteiger partial charge < -0.3 is 20.0 Å². The number of benzene rings is 2. The van der Waals surface area contributed by atoms with E-state index in [1.54, 1.807) is 47.4 Å². The van der Waals surface area contributed by atoms with Crippen LogP contribution in [0.2, 0.25) is 0 Å². The smallest absolute Gasteiger partial charge is 0.275 e. The van der Waals surface area contributed by atoms with Crippen molar-refractivity contribution in [2.24, 2.45) is 0 Å². The fourth-order valence-electron chi connectivity index (χ4n) is 5.50. The van der Waals surface area contributed by atoms with Gasteiger partial charge in [-0.1, -0.05) is 18.2 Å². The molecule has 0 radical (unpaired) electrons. The highest BCUT2D eigenvalue weighted by molar-refractivity contribution is 7.12. The molecule has 0 unspecified atom stereocenters. The second kappa shape index (κ2) is 12.1. The second-order valence-corrected chi connectivity index (χ2v) is 11.9. The predicted molar refractivity (Wildman–Crippen MR) is 162 cm³/mol. The minimum atomic E-state index is -3.31. The Hall–Kier alpha value is -3.89. The third-order valence-electron chi connectivity index (χ3n) is 8.01. The maximum absolute atomic E-state index is 15.6. The number of piperidine rings is 1. The maximum atomic E-state index is 15.6. The SMILES string of the molecule is Cc1ccsc1C(=O)Nc1ccc(C(=O)N2CCC(F)(F)/C(=C\C(=O)N3CCC(N(C)C)CC3)c3ccccc32)cc1. The van der Waals surface area contributed by atoms with Crippen molar-refractivity contribution < 1.29 is 23.2 Å². The van der Waals surface area contributed by atoms with Crippen molar-refractivity contribution in [1.82, 2.24) is 9.80 Å². The van der Waals surface area contributed by atoms with Crippen molar-refractivity contribution in [1.29, 1.82) is 0 Å². The number of amides is 3.